The first kappa shape index (κ1) is 24.5. The van der Waals surface area contributed by atoms with Gasteiger partial charge < -0.3 is 15.2 Å². The van der Waals surface area contributed by atoms with Crippen molar-refractivity contribution in [2.24, 2.45) is 0 Å². The number of carbonyl (C=O) groups is 2. The Bertz CT molecular complexity index is 1630. The van der Waals surface area contributed by atoms with Crippen molar-refractivity contribution in [3.63, 3.8) is 0 Å². The van der Waals surface area contributed by atoms with Gasteiger partial charge in [0.25, 0.3) is 11.5 Å². The van der Waals surface area contributed by atoms with Crippen molar-refractivity contribution in [2.75, 3.05) is 7.11 Å². The number of carbonyl (C=O) groups excluding carboxylic acids is 1. The maximum absolute atomic E-state index is 13.3. The number of benzene rings is 2. The predicted octanol–water partition coefficient (Wildman–Crippen LogP) is 3.42. The number of carboxylic acid groups (broad SMARTS) is 1. The van der Waals surface area contributed by atoms with Crippen LogP contribution in [0.25, 0.3) is 10.2 Å². The highest BCUT2D eigenvalue weighted by Crippen LogP contribution is 2.48. The Kier molecular flexibility index (Phi) is 6.20. The molecule has 1 unspecified atom stereocenters. The van der Waals surface area contributed by atoms with E-state index in [1.807, 2.05) is 24.3 Å². The number of aromatic nitrogens is 2. The van der Waals surface area contributed by atoms with Crippen molar-refractivity contribution in [1.29, 1.82) is 0 Å². The number of hydrogen-bond acceptors (Lipinski definition) is 6. The molecule has 37 heavy (non-hydrogen) atoms. The summed E-state index contributed by atoms with van der Waals surface area (Å²) in [6.45, 7) is 2.01. The van der Waals surface area contributed by atoms with Gasteiger partial charge in [-0.2, -0.15) is 0 Å². The molecule has 2 aromatic heterocycles. The monoisotopic (exact) mass is 519 g/mol. The fourth-order valence-corrected chi connectivity index (χ4v) is 5.47. The highest BCUT2D eigenvalue weighted by atomic mass is 32.1. The largest absolute Gasteiger partial charge is 0.497 e. The zero-order valence-corrected chi connectivity index (χ0v) is 21.1. The molecule has 0 spiro atoms. The van der Waals surface area contributed by atoms with Gasteiger partial charge in [0.15, 0.2) is 0 Å². The Hall–Kier alpha value is -4.18. The number of H-pyrrole nitrogens is 1. The first-order valence-corrected chi connectivity index (χ1v) is 12.6. The molecule has 2 heterocycles. The highest BCUT2D eigenvalue weighted by molar-refractivity contribution is 7.20. The van der Waals surface area contributed by atoms with Crippen LogP contribution in [-0.2, 0) is 16.8 Å². The fourth-order valence-electron chi connectivity index (χ4n) is 4.52. The number of carboxylic acids is 1. The van der Waals surface area contributed by atoms with Crippen molar-refractivity contribution in [1.82, 2.24) is 14.9 Å². The quantitative estimate of drug-likeness (QED) is 0.327. The summed E-state index contributed by atoms with van der Waals surface area (Å²) >= 11 is 1.05. The summed E-state index contributed by atoms with van der Waals surface area (Å²) < 4.78 is 6.32. The molecule has 10 heteroatoms. The minimum atomic E-state index is -0.841. The van der Waals surface area contributed by atoms with Gasteiger partial charge in [-0.1, -0.05) is 36.4 Å². The second kappa shape index (κ2) is 9.36. The maximum Gasteiger partial charge on any atom is 0.330 e. The molecule has 3 N–H and O–H groups in total. The van der Waals surface area contributed by atoms with Crippen LogP contribution in [0.5, 0.6) is 5.75 Å². The molecule has 1 aliphatic carbocycles. The second-order valence-corrected chi connectivity index (χ2v) is 10.2. The van der Waals surface area contributed by atoms with Crippen LogP contribution in [-0.4, -0.2) is 33.6 Å². The lowest BCUT2D eigenvalue weighted by atomic mass is 9.94. The number of fused-ring (bicyclic) bond motifs is 1. The first-order valence-electron chi connectivity index (χ1n) is 11.8. The third-order valence-corrected chi connectivity index (χ3v) is 7.97. The Labute approximate surface area is 215 Å². The zero-order chi connectivity index (χ0) is 26.3. The first-order chi connectivity index (χ1) is 17.7. The van der Waals surface area contributed by atoms with E-state index in [2.05, 4.69) is 10.3 Å². The molecule has 0 aliphatic heterocycles. The number of nitrogens with zero attached hydrogens (tertiary/aromatic N) is 1. The summed E-state index contributed by atoms with van der Waals surface area (Å²) in [7, 11) is 1.57. The number of aliphatic carboxylic acids is 1. The molecule has 0 saturated heterocycles. The van der Waals surface area contributed by atoms with Gasteiger partial charge in [-0.3, -0.25) is 23.9 Å². The Morgan fingerprint density at radius 3 is 2.54 bits per heavy atom. The van der Waals surface area contributed by atoms with E-state index in [1.165, 1.54) is 6.07 Å². The Morgan fingerprint density at radius 2 is 1.89 bits per heavy atom. The highest BCUT2D eigenvalue weighted by Gasteiger charge is 2.51. The van der Waals surface area contributed by atoms with Crippen molar-refractivity contribution < 1.29 is 19.4 Å². The average Bonchev–Trinajstić information content (AvgIpc) is 3.61. The van der Waals surface area contributed by atoms with Crippen LogP contribution < -0.4 is 21.3 Å². The summed E-state index contributed by atoms with van der Waals surface area (Å²) in [5.41, 5.74) is 0.375. The van der Waals surface area contributed by atoms with Gasteiger partial charge in [-0.05, 0) is 54.7 Å². The molecule has 9 nitrogen and oxygen atoms in total. The normalized spacial score (nSPS) is 14.8. The standard InChI is InChI=1S/C27H25N3O6S/c1-15(17-6-8-18(9-7-17)27(10-11-27)25(33)34)30-24(32)20-13-21(37-23(20)29-26(30)35)22(31)28-14-16-4-3-5-19(12-16)36-2/h3-9,12-13,15H,10-11,14H2,1-2H3,(H,28,31)(H,29,35)(H,33,34). The van der Waals surface area contributed by atoms with E-state index in [-0.39, 0.29) is 17.8 Å². The van der Waals surface area contributed by atoms with Gasteiger partial charge in [0.1, 0.15) is 10.6 Å². The van der Waals surface area contributed by atoms with Crippen molar-refractivity contribution in [3.8, 4) is 5.75 Å². The SMILES string of the molecule is COc1cccc(CNC(=O)c2cc3c(=O)n(C(C)c4ccc(C5(C(=O)O)CC5)cc4)c(=O)[nH]c3s2)c1. The van der Waals surface area contributed by atoms with E-state index in [9.17, 15) is 24.3 Å². The predicted molar refractivity (Wildman–Crippen MR) is 140 cm³/mol. The average molecular weight is 520 g/mol. The second-order valence-electron chi connectivity index (χ2n) is 9.18. The molecule has 0 radical (unpaired) electrons. The molecule has 1 fully saturated rings. The van der Waals surface area contributed by atoms with Gasteiger partial charge in [0.05, 0.1) is 28.8 Å². The van der Waals surface area contributed by atoms with E-state index >= 15 is 0 Å². The molecule has 0 bridgehead atoms. The third kappa shape index (κ3) is 4.44. The molecule has 190 valence electrons. The van der Waals surface area contributed by atoms with Gasteiger partial charge >= 0.3 is 11.7 Å². The van der Waals surface area contributed by atoms with E-state index < -0.39 is 28.7 Å². The van der Waals surface area contributed by atoms with Gasteiger partial charge in [-0.25, -0.2) is 4.79 Å². The number of methoxy groups -OCH3 is 1. The molecular weight excluding hydrogens is 494 g/mol. The number of aromatic amines is 1. The lowest BCUT2D eigenvalue weighted by Gasteiger charge is -2.16. The summed E-state index contributed by atoms with van der Waals surface area (Å²) in [6, 6.07) is 15.2. The molecule has 1 atom stereocenters. The Balaban J connectivity index is 1.39. The van der Waals surface area contributed by atoms with E-state index in [0.29, 0.717) is 33.9 Å². The lowest BCUT2D eigenvalue weighted by molar-refractivity contribution is -0.140. The van der Waals surface area contributed by atoms with Crippen LogP contribution in [0, 0.1) is 0 Å². The summed E-state index contributed by atoms with van der Waals surface area (Å²) in [5.74, 6) is -0.511. The number of amides is 1. The van der Waals surface area contributed by atoms with Crippen LogP contribution in [0.15, 0.2) is 64.2 Å². The molecule has 1 aliphatic rings. The molecule has 5 rings (SSSR count). The van der Waals surface area contributed by atoms with Crippen LogP contribution in [0.4, 0.5) is 0 Å². The van der Waals surface area contributed by atoms with E-state index in [4.69, 9.17) is 4.74 Å². The van der Waals surface area contributed by atoms with Crippen LogP contribution in [0.2, 0.25) is 0 Å². The maximum atomic E-state index is 13.3. The van der Waals surface area contributed by atoms with Crippen LogP contribution in [0.1, 0.15) is 52.2 Å². The molecular formula is C27H25N3O6S. The Morgan fingerprint density at radius 1 is 1.16 bits per heavy atom. The van der Waals surface area contributed by atoms with Crippen LogP contribution in [0.3, 0.4) is 0 Å². The van der Waals surface area contributed by atoms with Gasteiger partial charge in [0.2, 0.25) is 0 Å². The molecule has 2 aromatic carbocycles. The van der Waals surface area contributed by atoms with Gasteiger partial charge in [0, 0.05) is 6.54 Å². The van der Waals surface area contributed by atoms with Crippen molar-refractivity contribution >= 4 is 33.4 Å². The number of rotatable bonds is 8. The number of thiophene rings is 1. The minimum Gasteiger partial charge on any atom is -0.497 e. The topological polar surface area (TPSA) is 130 Å². The molecule has 1 amide bonds. The van der Waals surface area contributed by atoms with Crippen LogP contribution >= 0.6 is 11.3 Å². The van der Waals surface area contributed by atoms with E-state index in [1.54, 1.807) is 38.3 Å². The van der Waals surface area contributed by atoms with Gasteiger partial charge in [-0.15, -0.1) is 11.3 Å². The number of hydrogen-bond donors (Lipinski definition) is 3. The lowest BCUT2D eigenvalue weighted by Crippen LogP contribution is -2.37. The zero-order valence-electron chi connectivity index (χ0n) is 20.2. The summed E-state index contributed by atoms with van der Waals surface area (Å²) in [4.78, 5) is 53.9. The van der Waals surface area contributed by atoms with Crippen molar-refractivity contribution in [3.05, 3.63) is 97.0 Å². The summed E-state index contributed by atoms with van der Waals surface area (Å²) in [5, 5.41) is 12.6. The fraction of sp³-hybridized carbons (Fsp3) is 0.259. The molecule has 1 saturated carbocycles. The summed E-state index contributed by atoms with van der Waals surface area (Å²) in [6.07, 6.45) is 1.20. The van der Waals surface area contributed by atoms with E-state index in [0.717, 1.165) is 27.0 Å². The number of ether oxygens (including phenoxy) is 1. The minimum absolute atomic E-state index is 0.252. The third-order valence-electron chi connectivity index (χ3n) is 6.92. The smallest absolute Gasteiger partial charge is 0.330 e. The van der Waals surface area contributed by atoms with Crippen molar-refractivity contribution in [2.45, 2.75) is 37.8 Å². The number of nitrogens with one attached hydrogen (secondary N) is 2. The molecule has 4 aromatic rings.